The number of fused-ring (bicyclic) bond motifs is 1. The fourth-order valence-corrected chi connectivity index (χ4v) is 5.66. The minimum absolute atomic E-state index is 0.214. The van der Waals surface area contributed by atoms with E-state index in [2.05, 4.69) is 39.7 Å². The summed E-state index contributed by atoms with van der Waals surface area (Å²) in [5, 5.41) is 19.0. The summed E-state index contributed by atoms with van der Waals surface area (Å²) < 4.78 is 23.9. The van der Waals surface area contributed by atoms with Gasteiger partial charge in [0.2, 0.25) is 0 Å². The molecule has 0 saturated carbocycles. The van der Waals surface area contributed by atoms with Crippen LogP contribution in [0.2, 0.25) is 0 Å². The molecule has 0 aromatic carbocycles. The third-order valence-electron chi connectivity index (χ3n) is 6.60. The van der Waals surface area contributed by atoms with Crippen LogP contribution in [0.1, 0.15) is 35.8 Å². The van der Waals surface area contributed by atoms with Gasteiger partial charge in [-0.05, 0) is 52.9 Å². The molecule has 35 heavy (non-hydrogen) atoms. The first kappa shape index (κ1) is 23.3. The van der Waals surface area contributed by atoms with Crippen molar-refractivity contribution < 1.29 is 9.13 Å². The Labute approximate surface area is 207 Å². The number of likely N-dealkylation sites (tertiary alicyclic amines) is 1. The van der Waals surface area contributed by atoms with E-state index < -0.39 is 5.82 Å². The maximum absolute atomic E-state index is 14.9. The number of nitriles is 1. The lowest BCUT2D eigenvalue weighted by Gasteiger charge is -2.29. The number of rotatable bonds is 5. The Kier molecular flexibility index (Phi) is 6.21. The third-order valence-corrected chi connectivity index (χ3v) is 7.61. The van der Waals surface area contributed by atoms with Gasteiger partial charge in [-0.15, -0.1) is 0 Å². The highest BCUT2D eigenvalue weighted by atomic mass is 32.2. The van der Waals surface area contributed by atoms with E-state index in [1.165, 1.54) is 31.1 Å². The second-order valence-electron chi connectivity index (χ2n) is 8.84. The Morgan fingerprint density at radius 1 is 1.17 bits per heavy atom. The minimum Gasteiger partial charge on any atom is -0.495 e. The predicted molar refractivity (Wildman–Crippen MR) is 131 cm³/mol. The number of piperidine rings is 1. The van der Waals surface area contributed by atoms with Crippen LogP contribution in [0.25, 0.3) is 16.6 Å². The number of ether oxygens (including phenoxy) is 1. The highest BCUT2D eigenvalue weighted by molar-refractivity contribution is 7.99. The Balaban J connectivity index is 1.58. The van der Waals surface area contributed by atoms with Crippen molar-refractivity contribution >= 4 is 17.3 Å². The summed E-state index contributed by atoms with van der Waals surface area (Å²) in [6, 6.07) is 5.86. The van der Waals surface area contributed by atoms with Gasteiger partial charge in [0.25, 0.3) is 0 Å². The predicted octanol–water partition coefficient (Wildman–Crippen LogP) is 4.65. The van der Waals surface area contributed by atoms with Crippen LogP contribution in [0.3, 0.4) is 0 Å². The number of aromatic nitrogens is 5. The average molecular weight is 492 g/mol. The molecular formula is C25H26FN7OS. The van der Waals surface area contributed by atoms with Crippen LogP contribution in [0, 0.1) is 31.0 Å². The first-order valence-electron chi connectivity index (χ1n) is 11.4. The average Bonchev–Trinajstić information content (AvgIpc) is 3.45. The van der Waals surface area contributed by atoms with Gasteiger partial charge in [-0.25, -0.2) is 13.9 Å². The van der Waals surface area contributed by atoms with E-state index in [9.17, 15) is 9.65 Å². The van der Waals surface area contributed by atoms with Crippen molar-refractivity contribution in [2.24, 2.45) is 0 Å². The van der Waals surface area contributed by atoms with Gasteiger partial charge in [-0.2, -0.15) is 15.5 Å². The van der Waals surface area contributed by atoms with Gasteiger partial charge in [-0.3, -0.25) is 4.68 Å². The number of pyridine rings is 2. The van der Waals surface area contributed by atoms with Gasteiger partial charge >= 0.3 is 0 Å². The van der Waals surface area contributed by atoms with Crippen LogP contribution in [-0.4, -0.2) is 56.5 Å². The fraction of sp³-hybridized carbons (Fsp3) is 0.360. The second-order valence-corrected chi connectivity index (χ2v) is 9.87. The van der Waals surface area contributed by atoms with E-state index in [0.29, 0.717) is 33.5 Å². The van der Waals surface area contributed by atoms with Gasteiger partial charge < -0.3 is 9.64 Å². The SMILES string of the molecule is COc1cc(F)c(Sc2cc(-c3cnn(C4CCN(C)CC4)c3C)cn3ncc(C#N)c23)nc1C. The first-order valence-corrected chi connectivity index (χ1v) is 12.2. The Morgan fingerprint density at radius 2 is 1.94 bits per heavy atom. The quantitative estimate of drug-likeness (QED) is 0.402. The maximum Gasteiger partial charge on any atom is 0.159 e. The van der Waals surface area contributed by atoms with Crippen molar-refractivity contribution in [1.29, 1.82) is 5.26 Å². The summed E-state index contributed by atoms with van der Waals surface area (Å²) in [5.41, 5.74) is 4.59. The van der Waals surface area contributed by atoms with Gasteiger partial charge in [-0.1, -0.05) is 11.8 Å². The van der Waals surface area contributed by atoms with Crippen molar-refractivity contribution in [2.75, 3.05) is 27.2 Å². The zero-order valence-corrected chi connectivity index (χ0v) is 20.9. The Hall–Kier alpha value is -3.42. The lowest BCUT2D eigenvalue weighted by molar-refractivity contribution is 0.210. The summed E-state index contributed by atoms with van der Waals surface area (Å²) in [6.45, 7) is 5.95. The summed E-state index contributed by atoms with van der Waals surface area (Å²) in [7, 11) is 3.64. The van der Waals surface area contributed by atoms with E-state index in [1.54, 1.807) is 11.4 Å². The summed E-state index contributed by atoms with van der Waals surface area (Å²) in [5.74, 6) is -0.0879. The van der Waals surface area contributed by atoms with Crippen LogP contribution in [0.4, 0.5) is 4.39 Å². The maximum atomic E-state index is 14.9. The molecule has 4 aromatic rings. The van der Waals surface area contributed by atoms with Gasteiger partial charge in [0.1, 0.15) is 16.8 Å². The molecule has 5 rings (SSSR count). The zero-order chi connectivity index (χ0) is 24.7. The van der Waals surface area contributed by atoms with Crippen molar-refractivity contribution in [2.45, 2.75) is 42.7 Å². The van der Waals surface area contributed by atoms with Crippen LogP contribution >= 0.6 is 11.8 Å². The Bertz CT molecular complexity index is 1450. The van der Waals surface area contributed by atoms with E-state index >= 15 is 0 Å². The Morgan fingerprint density at radius 3 is 2.66 bits per heavy atom. The summed E-state index contributed by atoms with van der Waals surface area (Å²) in [6.07, 6.45) is 7.43. The molecule has 0 radical (unpaired) electrons. The zero-order valence-electron chi connectivity index (χ0n) is 20.1. The number of halogens is 1. The van der Waals surface area contributed by atoms with Gasteiger partial charge in [0, 0.05) is 34.0 Å². The molecule has 0 amide bonds. The van der Waals surface area contributed by atoms with Crippen molar-refractivity contribution in [3.05, 3.63) is 53.5 Å². The highest BCUT2D eigenvalue weighted by Gasteiger charge is 2.23. The molecule has 8 nitrogen and oxygen atoms in total. The molecule has 4 aromatic heterocycles. The number of methoxy groups -OCH3 is 1. The number of hydrogen-bond donors (Lipinski definition) is 0. The van der Waals surface area contributed by atoms with E-state index in [4.69, 9.17) is 9.84 Å². The monoisotopic (exact) mass is 491 g/mol. The summed E-state index contributed by atoms with van der Waals surface area (Å²) >= 11 is 1.17. The molecule has 1 saturated heterocycles. The number of nitrogens with zero attached hydrogens (tertiary/aromatic N) is 7. The minimum atomic E-state index is -0.481. The molecule has 0 spiro atoms. The fourth-order valence-electron chi connectivity index (χ4n) is 4.63. The smallest absolute Gasteiger partial charge is 0.159 e. The molecule has 1 aliphatic rings. The summed E-state index contributed by atoms with van der Waals surface area (Å²) in [4.78, 5) is 7.44. The largest absolute Gasteiger partial charge is 0.495 e. The van der Waals surface area contributed by atoms with E-state index in [-0.39, 0.29) is 5.03 Å². The number of aryl methyl sites for hydroxylation is 1. The van der Waals surface area contributed by atoms with Crippen molar-refractivity contribution in [3.8, 4) is 22.9 Å². The van der Waals surface area contributed by atoms with Gasteiger partial charge in [0.05, 0.1) is 42.3 Å². The molecule has 10 heteroatoms. The molecule has 0 aliphatic carbocycles. The molecule has 1 fully saturated rings. The molecule has 0 unspecified atom stereocenters. The van der Waals surface area contributed by atoms with Crippen LogP contribution in [-0.2, 0) is 0 Å². The number of hydrogen-bond acceptors (Lipinski definition) is 7. The highest BCUT2D eigenvalue weighted by Crippen LogP contribution is 2.38. The topological polar surface area (TPSA) is 84.3 Å². The van der Waals surface area contributed by atoms with E-state index in [1.807, 2.05) is 18.5 Å². The van der Waals surface area contributed by atoms with Crippen molar-refractivity contribution in [3.63, 3.8) is 0 Å². The molecule has 0 atom stereocenters. The van der Waals surface area contributed by atoms with Gasteiger partial charge in [0.15, 0.2) is 5.82 Å². The molecule has 0 bridgehead atoms. The lowest BCUT2D eigenvalue weighted by Crippen LogP contribution is -2.32. The lowest BCUT2D eigenvalue weighted by atomic mass is 10.0. The standard InChI is InChI=1S/C25H26FN7OS/c1-15-22(34-4)10-21(26)25(30-15)35-23-9-17(14-32-24(23)18(11-27)12-28-32)20-13-29-33(16(20)2)19-5-7-31(3)8-6-19/h9-10,12-14,19H,5-8H2,1-4H3. The van der Waals surface area contributed by atoms with Crippen LogP contribution in [0.15, 0.2) is 40.6 Å². The van der Waals surface area contributed by atoms with E-state index in [0.717, 1.165) is 42.8 Å². The molecular weight excluding hydrogens is 465 g/mol. The second kappa shape index (κ2) is 9.32. The third kappa shape index (κ3) is 4.26. The molecule has 0 N–H and O–H groups in total. The normalized spacial score (nSPS) is 15.0. The molecule has 1 aliphatic heterocycles. The van der Waals surface area contributed by atoms with Crippen LogP contribution in [0.5, 0.6) is 5.75 Å². The molecule has 5 heterocycles. The molecule has 180 valence electrons. The van der Waals surface area contributed by atoms with Crippen molar-refractivity contribution in [1.82, 2.24) is 29.3 Å². The first-order chi connectivity index (χ1) is 16.9. The van der Waals surface area contributed by atoms with Crippen LogP contribution < -0.4 is 4.74 Å².